The molecule has 4 aromatic rings. The van der Waals surface area contributed by atoms with E-state index in [-0.39, 0.29) is 0 Å². The van der Waals surface area contributed by atoms with E-state index in [0.29, 0.717) is 5.92 Å². The molecule has 0 aliphatic rings. The van der Waals surface area contributed by atoms with Crippen molar-refractivity contribution in [3.8, 4) is 0 Å². The van der Waals surface area contributed by atoms with Gasteiger partial charge in [-0.05, 0) is 48.1 Å². The van der Waals surface area contributed by atoms with Crippen molar-refractivity contribution in [2.24, 2.45) is 0 Å². The Balaban J connectivity index is 1.60. The number of nitrogens with one attached hydrogen (secondary N) is 1. The van der Waals surface area contributed by atoms with Gasteiger partial charge in [0.05, 0.1) is 5.69 Å². The summed E-state index contributed by atoms with van der Waals surface area (Å²) in [5.74, 6) is 1.31. The summed E-state index contributed by atoms with van der Waals surface area (Å²) in [5, 5.41) is 14.7. The van der Waals surface area contributed by atoms with Crippen molar-refractivity contribution in [1.82, 2.24) is 15.2 Å². The molecule has 0 amide bonds. The fourth-order valence-corrected chi connectivity index (χ4v) is 3.33. The summed E-state index contributed by atoms with van der Waals surface area (Å²) in [5.41, 5.74) is 4.57. The van der Waals surface area contributed by atoms with Crippen molar-refractivity contribution in [1.29, 1.82) is 0 Å². The zero-order valence-corrected chi connectivity index (χ0v) is 16.3. The molecule has 4 heteroatoms. The Morgan fingerprint density at radius 3 is 2.32 bits per heavy atom. The van der Waals surface area contributed by atoms with Gasteiger partial charge in [-0.25, -0.2) is 0 Å². The maximum absolute atomic E-state index is 4.53. The molecule has 0 radical (unpaired) electrons. The fraction of sp³-hybridized carbons (Fsp3) is 0.208. The van der Waals surface area contributed by atoms with E-state index < -0.39 is 0 Å². The van der Waals surface area contributed by atoms with Crippen LogP contribution in [-0.4, -0.2) is 15.2 Å². The van der Waals surface area contributed by atoms with E-state index in [9.17, 15) is 0 Å². The minimum atomic E-state index is 0.522. The summed E-state index contributed by atoms with van der Waals surface area (Å²) < 4.78 is 0. The first-order chi connectivity index (χ1) is 13.7. The summed E-state index contributed by atoms with van der Waals surface area (Å²) in [7, 11) is 0. The minimum Gasteiger partial charge on any atom is -0.338 e. The standard InChI is InChI=1S/C24H24N4/c1-17(2)19-10-12-20(13-11-19)26-24-22-8-4-3-7-21(22)23(27-28-24)14-9-18-6-5-15-25-16-18/h3-8,10-13,15-17H,9,14H2,1-2H3,(H,26,28). The van der Waals surface area contributed by atoms with Crippen molar-refractivity contribution in [3.05, 3.63) is 89.9 Å². The molecular formula is C24H24N4. The van der Waals surface area contributed by atoms with Crippen molar-refractivity contribution >= 4 is 22.3 Å². The van der Waals surface area contributed by atoms with Gasteiger partial charge < -0.3 is 5.32 Å². The molecule has 4 rings (SSSR count). The first kappa shape index (κ1) is 18.1. The Morgan fingerprint density at radius 2 is 1.61 bits per heavy atom. The van der Waals surface area contributed by atoms with E-state index in [2.05, 4.69) is 82.9 Å². The summed E-state index contributed by atoms with van der Waals surface area (Å²) in [6.07, 6.45) is 5.44. The van der Waals surface area contributed by atoms with Crippen LogP contribution in [0.4, 0.5) is 11.5 Å². The summed E-state index contributed by atoms with van der Waals surface area (Å²) >= 11 is 0. The molecule has 0 aliphatic carbocycles. The second-order valence-electron chi connectivity index (χ2n) is 7.30. The predicted octanol–water partition coefficient (Wildman–Crippen LogP) is 5.68. The van der Waals surface area contributed by atoms with Crippen molar-refractivity contribution in [2.45, 2.75) is 32.6 Å². The first-order valence-electron chi connectivity index (χ1n) is 9.71. The Kier molecular flexibility index (Phi) is 5.29. The van der Waals surface area contributed by atoms with Crippen LogP contribution < -0.4 is 5.32 Å². The number of aromatic nitrogens is 3. The zero-order valence-electron chi connectivity index (χ0n) is 16.3. The number of benzene rings is 2. The first-order valence-corrected chi connectivity index (χ1v) is 9.71. The molecule has 4 nitrogen and oxygen atoms in total. The van der Waals surface area contributed by atoms with Crippen molar-refractivity contribution in [2.75, 3.05) is 5.32 Å². The Morgan fingerprint density at radius 1 is 0.821 bits per heavy atom. The molecule has 0 saturated heterocycles. The number of hydrogen-bond acceptors (Lipinski definition) is 4. The SMILES string of the molecule is CC(C)c1ccc(Nc2nnc(CCc3cccnc3)c3ccccc23)cc1. The summed E-state index contributed by atoms with van der Waals surface area (Å²) in [4.78, 5) is 4.19. The van der Waals surface area contributed by atoms with Gasteiger partial charge in [0.1, 0.15) is 0 Å². The number of pyridine rings is 1. The molecule has 0 saturated carbocycles. The molecule has 2 aromatic carbocycles. The number of fused-ring (bicyclic) bond motifs is 1. The number of rotatable bonds is 6. The van der Waals surface area contributed by atoms with Gasteiger partial charge in [-0.1, -0.05) is 56.3 Å². The average Bonchev–Trinajstić information content (AvgIpc) is 2.74. The molecule has 0 spiro atoms. The van der Waals surface area contributed by atoms with E-state index in [1.54, 1.807) is 6.20 Å². The van der Waals surface area contributed by atoms with Gasteiger partial charge in [-0.3, -0.25) is 4.98 Å². The normalized spacial score (nSPS) is 11.1. The predicted molar refractivity (Wildman–Crippen MR) is 115 cm³/mol. The largest absolute Gasteiger partial charge is 0.338 e. The lowest BCUT2D eigenvalue weighted by atomic mass is 10.0. The lowest BCUT2D eigenvalue weighted by Crippen LogP contribution is -2.03. The average molecular weight is 368 g/mol. The van der Waals surface area contributed by atoms with E-state index in [0.717, 1.165) is 40.8 Å². The molecule has 0 fully saturated rings. The molecule has 28 heavy (non-hydrogen) atoms. The molecule has 0 atom stereocenters. The topological polar surface area (TPSA) is 50.7 Å². The number of aryl methyl sites for hydroxylation is 2. The highest BCUT2D eigenvalue weighted by molar-refractivity contribution is 5.94. The third-order valence-electron chi connectivity index (χ3n) is 4.98. The van der Waals surface area contributed by atoms with Crippen LogP contribution >= 0.6 is 0 Å². The molecular weight excluding hydrogens is 344 g/mol. The lowest BCUT2D eigenvalue weighted by molar-refractivity contribution is 0.866. The van der Waals surface area contributed by atoms with Gasteiger partial charge in [0.25, 0.3) is 0 Å². The van der Waals surface area contributed by atoms with E-state index in [1.165, 1.54) is 11.1 Å². The molecule has 2 aromatic heterocycles. The quantitative estimate of drug-likeness (QED) is 0.476. The molecule has 0 unspecified atom stereocenters. The maximum Gasteiger partial charge on any atom is 0.160 e. The van der Waals surface area contributed by atoms with Crippen LogP contribution in [0.2, 0.25) is 0 Å². The van der Waals surface area contributed by atoms with Gasteiger partial charge in [0, 0.05) is 28.9 Å². The second kappa shape index (κ2) is 8.17. The van der Waals surface area contributed by atoms with Crippen LogP contribution in [0.3, 0.4) is 0 Å². The third-order valence-corrected chi connectivity index (χ3v) is 4.98. The van der Waals surface area contributed by atoms with Crippen LogP contribution in [0.1, 0.15) is 36.6 Å². The number of anilines is 2. The van der Waals surface area contributed by atoms with Gasteiger partial charge in [0.2, 0.25) is 0 Å². The lowest BCUT2D eigenvalue weighted by Gasteiger charge is -2.12. The monoisotopic (exact) mass is 368 g/mol. The highest BCUT2D eigenvalue weighted by atomic mass is 15.2. The highest BCUT2D eigenvalue weighted by Crippen LogP contribution is 2.27. The van der Waals surface area contributed by atoms with Crippen LogP contribution in [-0.2, 0) is 12.8 Å². The second-order valence-corrected chi connectivity index (χ2v) is 7.30. The molecule has 1 N–H and O–H groups in total. The molecule has 2 heterocycles. The van der Waals surface area contributed by atoms with Crippen LogP contribution in [0.15, 0.2) is 73.1 Å². The number of hydrogen-bond donors (Lipinski definition) is 1. The maximum atomic E-state index is 4.53. The Hall–Kier alpha value is -3.27. The smallest absolute Gasteiger partial charge is 0.160 e. The minimum absolute atomic E-state index is 0.522. The van der Waals surface area contributed by atoms with Gasteiger partial charge >= 0.3 is 0 Å². The van der Waals surface area contributed by atoms with Gasteiger partial charge in [-0.15, -0.1) is 5.10 Å². The Bertz CT molecular complexity index is 1060. The van der Waals surface area contributed by atoms with Gasteiger partial charge in [0.15, 0.2) is 5.82 Å². The van der Waals surface area contributed by atoms with Crippen LogP contribution in [0.5, 0.6) is 0 Å². The molecule has 140 valence electrons. The molecule has 0 bridgehead atoms. The van der Waals surface area contributed by atoms with Crippen LogP contribution in [0.25, 0.3) is 10.8 Å². The van der Waals surface area contributed by atoms with Crippen molar-refractivity contribution < 1.29 is 0 Å². The highest BCUT2D eigenvalue weighted by Gasteiger charge is 2.10. The Labute approximate surface area is 165 Å². The van der Waals surface area contributed by atoms with E-state index in [1.807, 2.05) is 18.3 Å². The van der Waals surface area contributed by atoms with E-state index >= 15 is 0 Å². The fourth-order valence-electron chi connectivity index (χ4n) is 3.33. The summed E-state index contributed by atoms with van der Waals surface area (Å²) in [6, 6.07) is 20.9. The number of nitrogens with zero attached hydrogens (tertiary/aromatic N) is 3. The molecule has 0 aliphatic heterocycles. The summed E-state index contributed by atoms with van der Waals surface area (Å²) in [6.45, 7) is 4.40. The van der Waals surface area contributed by atoms with Crippen molar-refractivity contribution in [3.63, 3.8) is 0 Å². The van der Waals surface area contributed by atoms with Gasteiger partial charge in [-0.2, -0.15) is 5.10 Å². The van der Waals surface area contributed by atoms with E-state index in [4.69, 9.17) is 0 Å². The zero-order chi connectivity index (χ0) is 19.3. The third kappa shape index (κ3) is 4.01. The van der Waals surface area contributed by atoms with Crippen LogP contribution in [0, 0.1) is 0 Å².